The SMILES string of the molecule is CCNC(=NCc1ncc(CC)s1)NCCNC(=O)c1ccccc1. The predicted molar refractivity (Wildman–Crippen MR) is 103 cm³/mol. The quantitative estimate of drug-likeness (QED) is 0.384. The Balaban J connectivity index is 1.76. The molecule has 1 heterocycles. The van der Waals surface area contributed by atoms with E-state index in [1.165, 1.54) is 4.88 Å². The molecule has 0 aliphatic rings. The molecule has 7 heteroatoms. The molecular weight excluding hydrogens is 334 g/mol. The maximum atomic E-state index is 12.0. The van der Waals surface area contributed by atoms with Gasteiger partial charge in [0.25, 0.3) is 5.91 Å². The lowest BCUT2D eigenvalue weighted by atomic mass is 10.2. The average Bonchev–Trinajstić information content (AvgIpc) is 3.11. The molecule has 2 aromatic rings. The van der Waals surface area contributed by atoms with Crippen LogP contribution in [-0.4, -0.2) is 36.5 Å². The van der Waals surface area contributed by atoms with E-state index < -0.39 is 0 Å². The van der Waals surface area contributed by atoms with Crippen LogP contribution in [0, 0.1) is 0 Å². The van der Waals surface area contributed by atoms with E-state index in [1.807, 2.05) is 31.3 Å². The highest BCUT2D eigenvalue weighted by Crippen LogP contribution is 2.13. The molecule has 0 aliphatic heterocycles. The molecule has 3 N–H and O–H groups in total. The number of carbonyl (C=O) groups excluding carboxylic acids is 1. The summed E-state index contributed by atoms with van der Waals surface area (Å²) in [5, 5.41) is 10.3. The maximum absolute atomic E-state index is 12.0. The molecule has 25 heavy (non-hydrogen) atoms. The van der Waals surface area contributed by atoms with Gasteiger partial charge in [0.1, 0.15) is 5.01 Å². The van der Waals surface area contributed by atoms with Crippen molar-refractivity contribution >= 4 is 23.2 Å². The van der Waals surface area contributed by atoms with Crippen LogP contribution in [0.1, 0.15) is 34.1 Å². The first-order valence-electron chi connectivity index (χ1n) is 8.52. The van der Waals surface area contributed by atoms with Crippen molar-refractivity contribution < 1.29 is 4.79 Å². The Morgan fingerprint density at radius 2 is 1.88 bits per heavy atom. The summed E-state index contributed by atoms with van der Waals surface area (Å²) >= 11 is 1.69. The minimum absolute atomic E-state index is 0.0702. The zero-order chi connectivity index (χ0) is 17.9. The van der Waals surface area contributed by atoms with Gasteiger partial charge in [-0.1, -0.05) is 25.1 Å². The van der Waals surface area contributed by atoms with Gasteiger partial charge < -0.3 is 16.0 Å². The molecule has 0 aliphatic carbocycles. The van der Waals surface area contributed by atoms with Gasteiger partial charge >= 0.3 is 0 Å². The van der Waals surface area contributed by atoms with Gasteiger partial charge in [0.2, 0.25) is 0 Å². The molecule has 6 nitrogen and oxygen atoms in total. The van der Waals surface area contributed by atoms with Crippen molar-refractivity contribution in [3.8, 4) is 0 Å². The first-order chi connectivity index (χ1) is 12.2. The van der Waals surface area contributed by atoms with Gasteiger partial charge in [0, 0.05) is 36.3 Å². The van der Waals surface area contributed by atoms with Crippen LogP contribution in [0.3, 0.4) is 0 Å². The molecule has 0 bridgehead atoms. The number of amides is 1. The second-order valence-corrected chi connectivity index (χ2v) is 6.52. The normalized spacial score (nSPS) is 11.2. The summed E-state index contributed by atoms with van der Waals surface area (Å²) in [6, 6.07) is 9.19. The lowest BCUT2D eigenvalue weighted by Crippen LogP contribution is -2.41. The highest BCUT2D eigenvalue weighted by Gasteiger charge is 2.04. The Labute approximate surface area is 152 Å². The van der Waals surface area contributed by atoms with E-state index in [9.17, 15) is 4.79 Å². The Hall–Kier alpha value is -2.41. The van der Waals surface area contributed by atoms with Crippen molar-refractivity contribution in [2.75, 3.05) is 19.6 Å². The third kappa shape index (κ3) is 6.54. The number of hydrogen-bond donors (Lipinski definition) is 3. The Morgan fingerprint density at radius 1 is 1.12 bits per heavy atom. The molecule has 2 rings (SSSR count). The summed E-state index contributed by atoms with van der Waals surface area (Å²) in [6.07, 6.45) is 2.91. The first-order valence-corrected chi connectivity index (χ1v) is 9.33. The van der Waals surface area contributed by atoms with E-state index in [2.05, 4.69) is 32.9 Å². The Kier molecular flexibility index (Phi) is 7.91. The number of aliphatic imine (C=N–C) groups is 1. The molecule has 134 valence electrons. The molecule has 1 amide bonds. The minimum Gasteiger partial charge on any atom is -0.357 e. The summed E-state index contributed by atoms with van der Waals surface area (Å²) < 4.78 is 0. The zero-order valence-corrected chi connectivity index (χ0v) is 15.5. The lowest BCUT2D eigenvalue weighted by Gasteiger charge is -2.11. The zero-order valence-electron chi connectivity index (χ0n) is 14.7. The van der Waals surface area contributed by atoms with Crippen LogP contribution in [0.5, 0.6) is 0 Å². The highest BCUT2D eigenvalue weighted by molar-refractivity contribution is 7.11. The fourth-order valence-electron chi connectivity index (χ4n) is 2.12. The number of thiazole rings is 1. The fraction of sp³-hybridized carbons (Fsp3) is 0.389. The van der Waals surface area contributed by atoms with Gasteiger partial charge in [-0.2, -0.15) is 0 Å². The average molecular weight is 359 g/mol. The molecule has 0 fully saturated rings. The van der Waals surface area contributed by atoms with Crippen molar-refractivity contribution in [1.29, 1.82) is 0 Å². The van der Waals surface area contributed by atoms with Gasteiger partial charge in [-0.3, -0.25) is 4.79 Å². The number of nitrogens with one attached hydrogen (secondary N) is 3. The monoisotopic (exact) mass is 359 g/mol. The number of guanidine groups is 1. The van der Waals surface area contributed by atoms with Crippen LogP contribution in [0.2, 0.25) is 0 Å². The summed E-state index contributed by atoms with van der Waals surface area (Å²) in [5.41, 5.74) is 0.665. The molecular formula is C18H25N5OS. The van der Waals surface area contributed by atoms with Crippen molar-refractivity contribution in [2.24, 2.45) is 4.99 Å². The van der Waals surface area contributed by atoms with Crippen LogP contribution in [0.25, 0.3) is 0 Å². The van der Waals surface area contributed by atoms with Crippen LogP contribution >= 0.6 is 11.3 Å². The van der Waals surface area contributed by atoms with Crippen molar-refractivity contribution in [1.82, 2.24) is 20.9 Å². The number of aromatic nitrogens is 1. The topological polar surface area (TPSA) is 78.4 Å². The molecule has 0 atom stereocenters. The van der Waals surface area contributed by atoms with Crippen LogP contribution in [0.15, 0.2) is 41.5 Å². The molecule has 1 aromatic carbocycles. The number of benzene rings is 1. The van der Waals surface area contributed by atoms with Gasteiger partial charge in [-0.05, 0) is 25.5 Å². The van der Waals surface area contributed by atoms with Crippen molar-refractivity contribution in [3.05, 3.63) is 52.0 Å². The van der Waals surface area contributed by atoms with Gasteiger partial charge in [0.05, 0.1) is 6.54 Å². The molecule has 0 saturated carbocycles. The number of aryl methyl sites for hydroxylation is 1. The van der Waals surface area contributed by atoms with Gasteiger partial charge in [-0.15, -0.1) is 11.3 Å². The van der Waals surface area contributed by atoms with E-state index >= 15 is 0 Å². The Bertz CT molecular complexity index is 684. The summed E-state index contributed by atoms with van der Waals surface area (Å²) in [7, 11) is 0. The number of hydrogen-bond acceptors (Lipinski definition) is 4. The van der Waals surface area contributed by atoms with Crippen LogP contribution in [0.4, 0.5) is 0 Å². The second-order valence-electron chi connectivity index (χ2n) is 5.32. The van der Waals surface area contributed by atoms with Crippen LogP contribution < -0.4 is 16.0 Å². The highest BCUT2D eigenvalue weighted by atomic mass is 32.1. The smallest absolute Gasteiger partial charge is 0.251 e. The molecule has 1 aromatic heterocycles. The summed E-state index contributed by atoms with van der Waals surface area (Å²) in [4.78, 5) is 22.1. The third-order valence-electron chi connectivity index (χ3n) is 3.41. The summed E-state index contributed by atoms with van der Waals surface area (Å²) in [5.74, 6) is 0.656. The lowest BCUT2D eigenvalue weighted by molar-refractivity contribution is 0.0954. The Morgan fingerprint density at radius 3 is 2.56 bits per heavy atom. The number of carbonyl (C=O) groups is 1. The van der Waals surface area contributed by atoms with E-state index in [-0.39, 0.29) is 5.91 Å². The number of nitrogens with zero attached hydrogens (tertiary/aromatic N) is 2. The molecule has 0 unspecified atom stereocenters. The maximum Gasteiger partial charge on any atom is 0.251 e. The standard InChI is InChI=1S/C18H25N5OS/c1-3-15-12-22-16(25-15)13-23-18(19-4-2)21-11-10-20-17(24)14-8-6-5-7-9-14/h5-9,12H,3-4,10-11,13H2,1-2H3,(H,20,24)(H2,19,21,23). The number of rotatable bonds is 8. The second kappa shape index (κ2) is 10.5. The van der Waals surface area contributed by atoms with E-state index in [1.54, 1.807) is 23.5 Å². The molecule has 0 saturated heterocycles. The third-order valence-corrected chi connectivity index (χ3v) is 4.53. The van der Waals surface area contributed by atoms with Crippen molar-refractivity contribution in [2.45, 2.75) is 26.8 Å². The van der Waals surface area contributed by atoms with E-state index in [0.29, 0.717) is 25.2 Å². The molecule has 0 radical (unpaired) electrons. The van der Waals surface area contributed by atoms with Gasteiger partial charge in [0.15, 0.2) is 5.96 Å². The fourth-order valence-corrected chi connectivity index (χ4v) is 2.91. The predicted octanol–water partition coefficient (Wildman–Crippen LogP) is 2.19. The minimum atomic E-state index is -0.0702. The van der Waals surface area contributed by atoms with E-state index in [4.69, 9.17) is 0 Å². The van der Waals surface area contributed by atoms with E-state index in [0.717, 1.165) is 23.9 Å². The van der Waals surface area contributed by atoms with Crippen molar-refractivity contribution in [3.63, 3.8) is 0 Å². The van der Waals surface area contributed by atoms with Gasteiger partial charge in [-0.25, -0.2) is 9.98 Å². The molecule has 0 spiro atoms. The first kappa shape index (κ1) is 18.9. The summed E-state index contributed by atoms with van der Waals surface area (Å²) in [6.45, 7) is 6.59. The van der Waals surface area contributed by atoms with Crippen LogP contribution in [-0.2, 0) is 13.0 Å². The largest absolute Gasteiger partial charge is 0.357 e.